The topological polar surface area (TPSA) is 66.8 Å². The number of aliphatic carboxylic acids is 1. The van der Waals surface area contributed by atoms with Crippen molar-refractivity contribution < 1.29 is 19.4 Å². The number of nitrogens with zero attached hydrogens (tertiary/aromatic N) is 1. The second-order valence-corrected chi connectivity index (χ2v) is 9.29. The number of amides is 1. The van der Waals surface area contributed by atoms with Gasteiger partial charge in [0.05, 0.1) is 26.5 Å². The van der Waals surface area contributed by atoms with Crippen LogP contribution in [0, 0.1) is 5.92 Å². The van der Waals surface area contributed by atoms with Crippen molar-refractivity contribution in [1.82, 2.24) is 4.90 Å². The second kappa shape index (κ2) is 6.71. The summed E-state index contributed by atoms with van der Waals surface area (Å²) in [4.78, 5) is 25.0. The molecule has 1 N–H and O–H groups in total. The largest absolute Gasteiger partial charge is 0.481 e. The fourth-order valence-electron chi connectivity index (χ4n) is 3.50. The van der Waals surface area contributed by atoms with Crippen LogP contribution in [-0.2, 0) is 14.3 Å². The van der Waals surface area contributed by atoms with Crippen LogP contribution >= 0.6 is 0 Å². The number of ether oxygens (including phenoxy) is 1. The highest BCUT2D eigenvalue weighted by Gasteiger charge is 2.43. The molecule has 2 aliphatic heterocycles. The molecule has 6 heteroatoms. The van der Waals surface area contributed by atoms with Gasteiger partial charge in [-0.2, -0.15) is 0 Å². The lowest BCUT2D eigenvalue weighted by Gasteiger charge is -2.40. The number of carboxylic acid groups (broad SMARTS) is 1. The Morgan fingerprint density at radius 2 is 2.30 bits per heavy atom. The standard InChI is InChI=1S/C14H25NO4Si/c1-3-7-20(2)14-11(5-4-6-19-14)15-9-10(13(17)18)8-12(15)16/h10-11,14,20H,3-9H2,1-2H3,(H,17,18). The highest BCUT2D eigenvalue weighted by molar-refractivity contribution is 6.59. The molecule has 0 aromatic carbocycles. The molecule has 2 rings (SSSR count). The summed E-state index contributed by atoms with van der Waals surface area (Å²) in [6, 6.07) is 1.33. The average Bonchev–Trinajstić information content (AvgIpc) is 2.81. The van der Waals surface area contributed by atoms with Crippen LogP contribution in [0.1, 0.15) is 32.6 Å². The lowest BCUT2D eigenvalue weighted by atomic mass is 10.1. The van der Waals surface area contributed by atoms with Crippen molar-refractivity contribution in [1.29, 1.82) is 0 Å². The summed E-state index contributed by atoms with van der Waals surface area (Å²) in [6.45, 7) is 5.64. The van der Waals surface area contributed by atoms with Gasteiger partial charge in [0.25, 0.3) is 0 Å². The molecule has 0 radical (unpaired) electrons. The average molecular weight is 299 g/mol. The lowest BCUT2D eigenvalue weighted by molar-refractivity contribution is -0.141. The van der Waals surface area contributed by atoms with Crippen molar-refractivity contribution >= 4 is 20.7 Å². The van der Waals surface area contributed by atoms with Crippen molar-refractivity contribution in [2.75, 3.05) is 13.2 Å². The molecule has 2 saturated heterocycles. The minimum Gasteiger partial charge on any atom is -0.481 e. The molecule has 0 spiro atoms. The van der Waals surface area contributed by atoms with E-state index in [4.69, 9.17) is 9.84 Å². The summed E-state index contributed by atoms with van der Waals surface area (Å²) < 4.78 is 5.98. The maximum Gasteiger partial charge on any atom is 0.308 e. The quantitative estimate of drug-likeness (QED) is 0.777. The Balaban J connectivity index is 2.08. The Kier molecular flexibility index (Phi) is 5.21. The van der Waals surface area contributed by atoms with Crippen LogP contribution in [0.25, 0.3) is 0 Å². The van der Waals surface area contributed by atoms with Gasteiger partial charge in [-0.25, -0.2) is 0 Å². The van der Waals surface area contributed by atoms with Gasteiger partial charge < -0.3 is 14.7 Å². The van der Waals surface area contributed by atoms with Gasteiger partial charge >= 0.3 is 5.97 Å². The van der Waals surface area contributed by atoms with Crippen molar-refractivity contribution in [2.45, 2.75) is 57.0 Å². The van der Waals surface area contributed by atoms with E-state index in [-0.39, 0.29) is 24.1 Å². The van der Waals surface area contributed by atoms with Crippen LogP contribution in [0.5, 0.6) is 0 Å². The van der Waals surface area contributed by atoms with E-state index in [1.54, 1.807) is 0 Å². The summed E-state index contributed by atoms with van der Waals surface area (Å²) in [6.07, 6.45) is 3.24. The predicted molar refractivity (Wildman–Crippen MR) is 78.3 cm³/mol. The van der Waals surface area contributed by atoms with Gasteiger partial charge in [0.2, 0.25) is 5.91 Å². The molecule has 0 aliphatic carbocycles. The monoisotopic (exact) mass is 299 g/mol. The summed E-state index contributed by atoms with van der Waals surface area (Å²) in [7, 11) is -1.03. The minimum absolute atomic E-state index is 0.00408. The molecule has 0 aromatic heterocycles. The first-order valence-corrected chi connectivity index (χ1v) is 10.3. The van der Waals surface area contributed by atoms with Crippen molar-refractivity contribution in [3.05, 3.63) is 0 Å². The van der Waals surface area contributed by atoms with Gasteiger partial charge in [0, 0.05) is 19.6 Å². The lowest BCUT2D eigenvalue weighted by Crippen LogP contribution is -2.53. The number of carbonyl (C=O) groups is 2. The molecule has 2 fully saturated rings. The third-order valence-corrected chi connectivity index (χ3v) is 7.79. The second-order valence-electron chi connectivity index (χ2n) is 6.10. The molecule has 4 atom stereocenters. The smallest absolute Gasteiger partial charge is 0.308 e. The molecular formula is C14H25NO4Si. The Hall–Kier alpha value is -0.883. The molecule has 2 aliphatic rings. The van der Waals surface area contributed by atoms with E-state index < -0.39 is 20.7 Å². The SMILES string of the molecule is CCC[SiH](C)C1OCCCC1N1CC(C(=O)O)CC1=O. The molecule has 0 aromatic rings. The minimum atomic E-state index is -1.03. The normalized spacial score (nSPS) is 32.4. The summed E-state index contributed by atoms with van der Waals surface area (Å²) in [5.74, 6) is -1.39. The Labute approximate surface area is 121 Å². The van der Waals surface area contributed by atoms with Gasteiger partial charge in [0.1, 0.15) is 0 Å². The number of hydrogen-bond acceptors (Lipinski definition) is 3. The van der Waals surface area contributed by atoms with Crippen LogP contribution in [-0.4, -0.2) is 55.6 Å². The van der Waals surface area contributed by atoms with Crippen LogP contribution in [0.2, 0.25) is 12.6 Å². The Morgan fingerprint density at radius 1 is 1.55 bits per heavy atom. The van der Waals surface area contributed by atoms with Gasteiger partial charge in [-0.1, -0.05) is 25.9 Å². The molecule has 5 nitrogen and oxygen atoms in total. The number of hydrogen-bond donors (Lipinski definition) is 1. The fourth-order valence-corrected chi connectivity index (χ4v) is 6.36. The molecular weight excluding hydrogens is 274 g/mol. The van der Waals surface area contributed by atoms with E-state index in [0.29, 0.717) is 6.54 Å². The Morgan fingerprint density at radius 3 is 2.90 bits per heavy atom. The van der Waals surface area contributed by atoms with Crippen LogP contribution < -0.4 is 0 Å². The van der Waals surface area contributed by atoms with Crippen LogP contribution in [0.15, 0.2) is 0 Å². The zero-order valence-electron chi connectivity index (χ0n) is 12.4. The van der Waals surface area contributed by atoms with E-state index in [2.05, 4.69) is 13.5 Å². The number of carboxylic acids is 1. The van der Waals surface area contributed by atoms with Crippen molar-refractivity contribution in [2.24, 2.45) is 5.92 Å². The zero-order chi connectivity index (χ0) is 14.7. The summed E-state index contributed by atoms with van der Waals surface area (Å²) >= 11 is 0. The molecule has 2 heterocycles. The molecule has 20 heavy (non-hydrogen) atoms. The van der Waals surface area contributed by atoms with E-state index in [1.807, 2.05) is 4.90 Å². The first-order chi connectivity index (χ1) is 9.54. The first-order valence-electron chi connectivity index (χ1n) is 7.68. The molecule has 0 bridgehead atoms. The van der Waals surface area contributed by atoms with Crippen molar-refractivity contribution in [3.8, 4) is 0 Å². The maximum atomic E-state index is 12.1. The molecule has 1 amide bonds. The van der Waals surface area contributed by atoms with E-state index in [0.717, 1.165) is 25.9 Å². The maximum absolute atomic E-state index is 12.1. The summed E-state index contributed by atoms with van der Waals surface area (Å²) in [5.41, 5.74) is 0.195. The van der Waals surface area contributed by atoms with Gasteiger partial charge in [-0.3, -0.25) is 9.59 Å². The fraction of sp³-hybridized carbons (Fsp3) is 0.857. The van der Waals surface area contributed by atoms with E-state index in [9.17, 15) is 9.59 Å². The third-order valence-electron chi connectivity index (χ3n) is 4.55. The van der Waals surface area contributed by atoms with Crippen LogP contribution in [0.3, 0.4) is 0 Å². The number of rotatable bonds is 5. The third kappa shape index (κ3) is 3.23. The van der Waals surface area contributed by atoms with E-state index >= 15 is 0 Å². The van der Waals surface area contributed by atoms with Crippen LogP contribution in [0.4, 0.5) is 0 Å². The van der Waals surface area contributed by atoms with Gasteiger partial charge in [0.15, 0.2) is 0 Å². The number of likely N-dealkylation sites (tertiary alicyclic amines) is 1. The molecule has 0 saturated carbocycles. The first kappa shape index (κ1) is 15.5. The predicted octanol–water partition coefficient (Wildman–Crippen LogP) is 1.27. The van der Waals surface area contributed by atoms with Gasteiger partial charge in [-0.15, -0.1) is 0 Å². The highest BCUT2D eigenvalue weighted by Crippen LogP contribution is 2.29. The summed E-state index contributed by atoms with van der Waals surface area (Å²) in [5, 5.41) is 9.11. The van der Waals surface area contributed by atoms with E-state index in [1.165, 1.54) is 6.04 Å². The highest BCUT2D eigenvalue weighted by atomic mass is 28.3. The van der Waals surface area contributed by atoms with Crippen molar-refractivity contribution in [3.63, 3.8) is 0 Å². The zero-order valence-corrected chi connectivity index (χ0v) is 13.5. The Bertz CT molecular complexity index is 376. The number of carbonyl (C=O) groups excluding carboxylic acids is 1. The molecule has 114 valence electrons. The van der Waals surface area contributed by atoms with Gasteiger partial charge in [-0.05, 0) is 12.8 Å². The molecule has 4 unspecified atom stereocenters.